The molecule has 0 aliphatic heterocycles. The summed E-state index contributed by atoms with van der Waals surface area (Å²) in [7, 11) is 1.65. The number of carbonyl (C=O) groups is 1. The largest absolute Gasteiger partial charge is 0.497 e. The summed E-state index contributed by atoms with van der Waals surface area (Å²) in [5, 5.41) is 12.1. The van der Waals surface area contributed by atoms with Gasteiger partial charge in [0.1, 0.15) is 5.75 Å². The van der Waals surface area contributed by atoms with E-state index in [1.54, 1.807) is 7.11 Å². The molecule has 0 saturated heterocycles. The van der Waals surface area contributed by atoms with Crippen LogP contribution in [-0.2, 0) is 11.2 Å². The molecule has 1 aromatic carbocycles. The summed E-state index contributed by atoms with van der Waals surface area (Å²) in [6, 6.07) is 7.93. The van der Waals surface area contributed by atoms with E-state index in [1.165, 1.54) is 5.56 Å². The second-order valence-corrected chi connectivity index (χ2v) is 5.64. The summed E-state index contributed by atoms with van der Waals surface area (Å²) >= 11 is 0. The van der Waals surface area contributed by atoms with Crippen LogP contribution in [0.4, 0.5) is 0 Å². The Bertz CT molecular complexity index is 438. The van der Waals surface area contributed by atoms with Crippen LogP contribution in [-0.4, -0.2) is 31.3 Å². The summed E-state index contributed by atoms with van der Waals surface area (Å²) in [5.74, 6) is 0.934. The van der Waals surface area contributed by atoms with Crippen LogP contribution in [0.3, 0.4) is 0 Å². The average molecular weight is 277 g/mol. The highest BCUT2D eigenvalue weighted by atomic mass is 16.5. The average Bonchev–Trinajstić information content (AvgIpc) is 3.26. The van der Waals surface area contributed by atoms with Crippen LogP contribution in [0.25, 0.3) is 0 Å². The van der Waals surface area contributed by atoms with E-state index in [9.17, 15) is 9.90 Å². The zero-order valence-electron chi connectivity index (χ0n) is 12.0. The lowest BCUT2D eigenvalue weighted by molar-refractivity contribution is -0.121. The highest BCUT2D eigenvalue weighted by molar-refractivity contribution is 5.75. The van der Waals surface area contributed by atoms with Crippen LogP contribution in [0.2, 0.25) is 0 Å². The molecule has 1 saturated carbocycles. The number of amides is 1. The molecule has 0 atom stereocenters. The van der Waals surface area contributed by atoms with Crippen LogP contribution < -0.4 is 10.1 Å². The van der Waals surface area contributed by atoms with E-state index in [-0.39, 0.29) is 17.9 Å². The molecule has 2 N–H and O–H groups in total. The number of hydrogen-bond acceptors (Lipinski definition) is 3. The molecule has 0 unspecified atom stereocenters. The summed E-state index contributed by atoms with van der Waals surface area (Å²) in [5.41, 5.74) is 1.21. The number of aryl methyl sites for hydroxylation is 1. The number of carbonyl (C=O) groups excluding carboxylic acids is 1. The number of aliphatic hydroxyl groups excluding tert-OH is 1. The zero-order valence-corrected chi connectivity index (χ0v) is 12.0. The van der Waals surface area contributed by atoms with Gasteiger partial charge in [0, 0.05) is 18.4 Å². The van der Waals surface area contributed by atoms with Gasteiger partial charge < -0.3 is 15.2 Å². The molecular weight excluding hydrogens is 254 g/mol. The fourth-order valence-electron chi connectivity index (χ4n) is 2.19. The van der Waals surface area contributed by atoms with Crippen molar-refractivity contribution >= 4 is 5.91 Å². The van der Waals surface area contributed by atoms with Gasteiger partial charge in [0.2, 0.25) is 5.91 Å². The topological polar surface area (TPSA) is 58.6 Å². The van der Waals surface area contributed by atoms with E-state index in [0.717, 1.165) is 31.4 Å². The molecule has 0 radical (unpaired) electrons. The van der Waals surface area contributed by atoms with Crippen LogP contribution in [0.1, 0.15) is 31.2 Å². The van der Waals surface area contributed by atoms with Gasteiger partial charge in [-0.3, -0.25) is 4.79 Å². The van der Waals surface area contributed by atoms with E-state index in [0.29, 0.717) is 13.0 Å². The van der Waals surface area contributed by atoms with Crippen LogP contribution in [0.15, 0.2) is 24.3 Å². The lowest BCUT2D eigenvalue weighted by atomic mass is 10.1. The molecule has 110 valence electrons. The number of hydrogen-bond donors (Lipinski definition) is 2. The van der Waals surface area contributed by atoms with Crippen molar-refractivity contribution in [1.82, 2.24) is 5.32 Å². The predicted octanol–water partition coefficient (Wildman–Crippen LogP) is 1.91. The number of methoxy groups -OCH3 is 1. The van der Waals surface area contributed by atoms with Crippen LogP contribution >= 0.6 is 0 Å². The van der Waals surface area contributed by atoms with Gasteiger partial charge in [-0.2, -0.15) is 0 Å². The first kappa shape index (κ1) is 14.9. The third-order valence-corrected chi connectivity index (χ3v) is 3.98. The second kappa shape index (κ2) is 6.75. The Kier molecular flexibility index (Phi) is 5.01. The molecule has 0 heterocycles. The molecular formula is C16H23NO3. The molecule has 0 aromatic heterocycles. The van der Waals surface area contributed by atoms with Gasteiger partial charge in [0.15, 0.2) is 0 Å². The van der Waals surface area contributed by atoms with E-state index >= 15 is 0 Å². The first-order chi connectivity index (χ1) is 9.67. The summed E-state index contributed by atoms with van der Waals surface area (Å²) in [6.45, 7) is 0.796. The van der Waals surface area contributed by atoms with E-state index in [2.05, 4.69) is 5.32 Å². The van der Waals surface area contributed by atoms with Crippen LogP contribution in [0, 0.1) is 5.41 Å². The van der Waals surface area contributed by atoms with Crippen molar-refractivity contribution in [3.63, 3.8) is 0 Å². The molecule has 4 nitrogen and oxygen atoms in total. The van der Waals surface area contributed by atoms with E-state index in [1.807, 2.05) is 24.3 Å². The minimum atomic E-state index is -0.00829. The number of benzene rings is 1. The molecule has 1 aromatic rings. The van der Waals surface area contributed by atoms with E-state index in [4.69, 9.17) is 4.74 Å². The van der Waals surface area contributed by atoms with Gasteiger partial charge >= 0.3 is 0 Å². The Morgan fingerprint density at radius 1 is 1.35 bits per heavy atom. The standard InChI is InChI=1S/C16H23NO3/c1-20-14-7-5-13(6-8-14)3-2-4-15(19)17-11-16(12-18)9-10-16/h5-8,18H,2-4,9-12H2,1H3,(H,17,19). The Labute approximate surface area is 120 Å². The first-order valence-electron chi connectivity index (χ1n) is 7.18. The van der Waals surface area contributed by atoms with E-state index < -0.39 is 0 Å². The Morgan fingerprint density at radius 3 is 2.60 bits per heavy atom. The molecule has 1 aliphatic rings. The number of ether oxygens (including phenoxy) is 1. The smallest absolute Gasteiger partial charge is 0.220 e. The Balaban J connectivity index is 1.63. The van der Waals surface area contributed by atoms with Crippen molar-refractivity contribution in [3.8, 4) is 5.75 Å². The lowest BCUT2D eigenvalue weighted by Gasteiger charge is -2.12. The van der Waals surface area contributed by atoms with Crippen molar-refractivity contribution < 1.29 is 14.6 Å². The normalized spacial score (nSPS) is 15.7. The predicted molar refractivity (Wildman–Crippen MR) is 77.7 cm³/mol. The minimum Gasteiger partial charge on any atom is -0.497 e. The van der Waals surface area contributed by atoms with Crippen molar-refractivity contribution in [3.05, 3.63) is 29.8 Å². The fourth-order valence-corrected chi connectivity index (χ4v) is 2.19. The fraction of sp³-hybridized carbons (Fsp3) is 0.562. The first-order valence-corrected chi connectivity index (χ1v) is 7.18. The summed E-state index contributed by atoms with van der Waals surface area (Å²) in [6.07, 6.45) is 4.31. The summed E-state index contributed by atoms with van der Waals surface area (Å²) in [4.78, 5) is 11.7. The molecule has 1 amide bonds. The zero-order chi connectivity index (χ0) is 14.4. The molecule has 4 heteroatoms. The molecule has 0 spiro atoms. The Morgan fingerprint density at radius 2 is 2.05 bits per heavy atom. The number of rotatable bonds is 8. The van der Waals surface area contributed by atoms with Crippen LogP contribution in [0.5, 0.6) is 5.75 Å². The quantitative estimate of drug-likeness (QED) is 0.763. The Hall–Kier alpha value is -1.55. The van der Waals surface area contributed by atoms with Gasteiger partial charge in [-0.1, -0.05) is 12.1 Å². The monoisotopic (exact) mass is 277 g/mol. The third-order valence-electron chi connectivity index (χ3n) is 3.98. The van der Waals surface area contributed by atoms with Gasteiger partial charge in [-0.15, -0.1) is 0 Å². The van der Waals surface area contributed by atoms with Crippen molar-refractivity contribution in [2.45, 2.75) is 32.1 Å². The maximum atomic E-state index is 11.7. The lowest BCUT2D eigenvalue weighted by Crippen LogP contribution is -2.31. The van der Waals surface area contributed by atoms with Gasteiger partial charge in [0.25, 0.3) is 0 Å². The molecule has 1 fully saturated rings. The van der Waals surface area contributed by atoms with Gasteiger partial charge in [-0.05, 0) is 43.4 Å². The molecule has 2 rings (SSSR count). The second-order valence-electron chi connectivity index (χ2n) is 5.64. The van der Waals surface area contributed by atoms with Crippen molar-refractivity contribution in [1.29, 1.82) is 0 Å². The van der Waals surface area contributed by atoms with Crippen molar-refractivity contribution in [2.75, 3.05) is 20.3 Å². The number of nitrogens with one attached hydrogen (secondary N) is 1. The van der Waals surface area contributed by atoms with Gasteiger partial charge in [-0.25, -0.2) is 0 Å². The highest BCUT2D eigenvalue weighted by Crippen LogP contribution is 2.44. The maximum absolute atomic E-state index is 11.7. The minimum absolute atomic E-state index is 0.00829. The SMILES string of the molecule is COc1ccc(CCCC(=O)NCC2(CO)CC2)cc1. The third kappa shape index (κ3) is 4.23. The maximum Gasteiger partial charge on any atom is 0.220 e. The highest BCUT2D eigenvalue weighted by Gasteiger charge is 2.41. The summed E-state index contributed by atoms with van der Waals surface area (Å²) < 4.78 is 5.11. The van der Waals surface area contributed by atoms with Crippen molar-refractivity contribution in [2.24, 2.45) is 5.41 Å². The van der Waals surface area contributed by atoms with Gasteiger partial charge in [0.05, 0.1) is 13.7 Å². The molecule has 0 bridgehead atoms. The molecule has 20 heavy (non-hydrogen) atoms. The number of aliphatic hydroxyl groups is 1. The molecule has 1 aliphatic carbocycles.